The van der Waals surface area contributed by atoms with Crippen LogP contribution in [-0.2, 0) is 22.6 Å². The van der Waals surface area contributed by atoms with Crippen LogP contribution in [0.25, 0.3) is 0 Å². The minimum absolute atomic E-state index is 0. The smallest absolute Gasteiger partial charge is 0.822 e. The fourth-order valence-corrected chi connectivity index (χ4v) is 1.10. The molecule has 0 aliphatic carbocycles. The number of hydrogen-bond acceptors (Lipinski definition) is 15. The maximum atomic E-state index is 9.32. The van der Waals surface area contributed by atoms with Gasteiger partial charge in [-0.25, -0.2) is 0 Å². The molecule has 0 bridgehead atoms. The summed E-state index contributed by atoms with van der Waals surface area (Å²) in [4.78, 5) is 88.6. The van der Waals surface area contributed by atoms with Crippen LogP contribution in [0.15, 0.2) is 0 Å². The zero-order valence-electron chi connectivity index (χ0n) is 11.4. The zero-order valence-corrected chi connectivity index (χ0v) is 26.1. The van der Waals surface area contributed by atoms with Gasteiger partial charge in [-0.1, -0.05) is 0 Å². The van der Waals surface area contributed by atoms with Crippen molar-refractivity contribution >= 4 is 220 Å². The second-order valence-electron chi connectivity index (χ2n) is 1.87. The fourth-order valence-electron chi connectivity index (χ4n) is 0.122. The molecule has 0 aliphatic heterocycles. The molecule has 0 aliphatic rings. The summed E-state index contributed by atoms with van der Waals surface area (Å²) in [6.07, 6.45) is 0. The van der Waals surface area contributed by atoms with E-state index in [-0.39, 0.29) is 189 Å². The molecule has 0 aromatic heterocycles. The van der Waals surface area contributed by atoms with Crippen LogP contribution in [-0.4, -0.2) is 189 Å². The molecular weight excluding hydrogens is 564 g/mol. The van der Waals surface area contributed by atoms with Gasteiger partial charge in [0.05, 0.1) is 15.6 Å². The van der Waals surface area contributed by atoms with Crippen LogP contribution in [0.5, 0.6) is 0 Å². The van der Waals surface area contributed by atoms with Gasteiger partial charge in [-0.2, -0.15) is 15.6 Å². The number of rotatable bonds is 2. The summed E-state index contributed by atoms with van der Waals surface area (Å²) in [7, 11) is -22.1. The molecular formula is Ca5O15P4. The standard InChI is InChI=1S/5Ca.H4O7P2.2H3O4P/c;;;;;1-8(2,3)7-9(4,5)6;2*1-5(2,3)4/h;;;;;(H2,1,2,3)(H2,4,5,6);2*(H3,1,2,3,4)/q5*+2;;;/p-10. The van der Waals surface area contributed by atoms with Crippen molar-refractivity contribution in [2.45, 2.75) is 0 Å². The molecule has 0 fully saturated rings. The van der Waals surface area contributed by atoms with E-state index < -0.39 is 31.3 Å². The van der Waals surface area contributed by atoms with Crippen molar-refractivity contribution in [2.75, 3.05) is 0 Å². The van der Waals surface area contributed by atoms with Crippen molar-refractivity contribution in [1.82, 2.24) is 0 Å². The number of phosphoric acid groups is 4. The first-order chi connectivity index (χ1) is 7.71. The maximum Gasteiger partial charge on any atom is 2.00 e. The van der Waals surface area contributed by atoms with E-state index in [2.05, 4.69) is 4.31 Å². The molecule has 0 heterocycles. The Bertz CT molecular complexity index is 367. The molecule has 24 heavy (non-hydrogen) atoms. The van der Waals surface area contributed by atoms with Gasteiger partial charge < -0.3 is 71.5 Å². The molecule has 0 unspecified atom stereocenters. The van der Waals surface area contributed by atoms with Gasteiger partial charge in [-0.15, -0.1) is 0 Å². The monoisotopic (exact) mass is 564 g/mol. The third-order valence-electron chi connectivity index (χ3n) is 0.200. The van der Waals surface area contributed by atoms with Gasteiger partial charge in [0.15, 0.2) is 0 Å². The molecule has 0 rings (SSSR count). The van der Waals surface area contributed by atoms with Crippen molar-refractivity contribution in [3.63, 3.8) is 0 Å². The molecule has 0 aromatic rings. The SMILES string of the molecule is O=P([O-])([O-])OP(=O)([O-])[O-].O=P([O-])([O-])[O-].O=P([O-])([O-])[O-].[Ca+2].[Ca+2].[Ca+2].[Ca+2].[Ca+2]. The van der Waals surface area contributed by atoms with E-state index >= 15 is 0 Å². The molecule has 24 heteroatoms. The van der Waals surface area contributed by atoms with E-state index in [9.17, 15) is 28.7 Å². The van der Waals surface area contributed by atoms with Gasteiger partial charge in [0.1, 0.15) is 0 Å². The van der Waals surface area contributed by atoms with E-state index in [1.807, 2.05) is 0 Å². The molecule has 15 nitrogen and oxygen atoms in total. The quantitative estimate of drug-likeness (QED) is 0.222. The van der Waals surface area contributed by atoms with Gasteiger partial charge in [-0.05, 0) is 0 Å². The van der Waals surface area contributed by atoms with Gasteiger partial charge in [-0.3, -0.25) is 0 Å². The van der Waals surface area contributed by atoms with E-state index in [1.165, 1.54) is 0 Å². The Balaban J connectivity index is -0.0000000255. The van der Waals surface area contributed by atoms with Gasteiger partial charge in [0.2, 0.25) is 0 Å². The van der Waals surface area contributed by atoms with Crippen LogP contribution >= 0.6 is 31.3 Å². The Morgan fingerprint density at radius 1 is 0.417 bits per heavy atom. The normalized spacial score (nSPS) is 10.1. The first-order valence-corrected chi connectivity index (χ1v) is 8.76. The minimum Gasteiger partial charge on any atom is -0.822 e. The predicted octanol–water partition coefficient (Wildman–Crippen LogP) is -10.9. The second kappa shape index (κ2) is 24.4. The van der Waals surface area contributed by atoms with Crippen molar-refractivity contribution in [3.8, 4) is 0 Å². The van der Waals surface area contributed by atoms with Gasteiger partial charge >= 0.3 is 189 Å². The minimum atomic E-state index is -5.68. The predicted molar refractivity (Wildman–Crippen MR) is 60.3 cm³/mol. The topological polar surface area (TPSA) is 308 Å². The first kappa shape index (κ1) is 52.6. The third-order valence-corrected chi connectivity index (χ3v) is 1.80. The average Bonchev–Trinajstić information content (AvgIpc) is 1.63. The van der Waals surface area contributed by atoms with Gasteiger partial charge in [0, 0.05) is 0 Å². The van der Waals surface area contributed by atoms with Crippen LogP contribution in [0.3, 0.4) is 0 Å². The summed E-state index contributed by atoms with van der Waals surface area (Å²) in [5.41, 5.74) is 0. The van der Waals surface area contributed by atoms with Crippen LogP contribution < -0.4 is 48.9 Å². The summed E-state index contributed by atoms with van der Waals surface area (Å²) < 4.78 is 38.3. The molecule has 0 saturated carbocycles. The van der Waals surface area contributed by atoms with Crippen molar-refractivity contribution < 1.29 is 71.5 Å². The summed E-state index contributed by atoms with van der Waals surface area (Å²) in [5, 5.41) is 0. The maximum absolute atomic E-state index is 9.32. The largest absolute Gasteiger partial charge is 2.00 e. The van der Waals surface area contributed by atoms with Crippen LogP contribution in [0.4, 0.5) is 0 Å². The zero-order chi connectivity index (χ0) is 16.7. The molecule has 0 atom stereocenters. The van der Waals surface area contributed by atoms with E-state index in [1.54, 1.807) is 0 Å². The molecule has 0 amide bonds. The van der Waals surface area contributed by atoms with Crippen LogP contribution in [0, 0.1) is 0 Å². The van der Waals surface area contributed by atoms with Crippen molar-refractivity contribution in [2.24, 2.45) is 0 Å². The Morgan fingerprint density at radius 2 is 0.500 bits per heavy atom. The Labute approximate surface area is 284 Å². The van der Waals surface area contributed by atoms with Crippen LogP contribution in [0.1, 0.15) is 0 Å². The molecule has 0 radical (unpaired) electrons. The third kappa shape index (κ3) is 136. The fraction of sp³-hybridized carbons (Fsp3) is 0. The summed E-state index contributed by atoms with van der Waals surface area (Å²) >= 11 is 0. The molecule has 0 spiro atoms. The Morgan fingerprint density at radius 3 is 0.500 bits per heavy atom. The van der Waals surface area contributed by atoms with E-state index in [4.69, 9.17) is 38.5 Å². The first-order valence-electron chi connectivity index (χ1n) is 2.92. The summed E-state index contributed by atoms with van der Waals surface area (Å²) in [5.74, 6) is 0. The molecule has 0 aromatic carbocycles. The Hall–Kier alpha value is 6.78. The average molecular weight is 564 g/mol. The van der Waals surface area contributed by atoms with E-state index in [0.29, 0.717) is 0 Å². The second-order valence-corrected chi connectivity index (χ2v) is 6.10. The summed E-state index contributed by atoms with van der Waals surface area (Å²) in [6.45, 7) is 0. The Kier molecular flexibility index (Phi) is 53.5. The van der Waals surface area contributed by atoms with Crippen molar-refractivity contribution in [3.05, 3.63) is 0 Å². The molecule has 0 N–H and O–H groups in total. The number of hydrogen-bond donors (Lipinski definition) is 0. The van der Waals surface area contributed by atoms with E-state index in [0.717, 1.165) is 0 Å². The molecule has 0 saturated heterocycles. The molecule has 120 valence electrons. The van der Waals surface area contributed by atoms with Crippen molar-refractivity contribution in [1.29, 1.82) is 0 Å². The van der Waals surface area contributed by atoms with Crippen LogP contribution in [0.2, 0.25) is 0 Å². The summed E-state index contributed by atoms with van der Waals surface area (Å²) in [6, 6.07) is 0. The van der Waals surface area contributed by atoms with Gasteiger partial charge in [0.25, 0.3) is 0 Å².